The number of methoxy groups -OCH3 is 1. The first-order chi connectivity index (χ1) is 17.2. The molecule has 2 aromatic carbocycles. The molecule has 1 aliphatic heterocycles. The summed E-state index contributed by atoms with van der Waals surface area (Å²) in [5, 5.41) is 9.41. The van der Waals surface area contributed by atoms with Gasteiger partial charge < -0.3 is 19.5 Å². The predicted molar refractivity (Wildman–Crippen MR) is 137 cm³/mol. The summed E-state index contributed by atoms with van der Waals surface area (Å²) in [7, 11) is 5.48. The molecule has 0 bridgehead atoms. The number of carbonyl (C=O) groups is 1. The number of benzene rings is 2. The second-order valence-electron chi connectivity index (χ2n) is 9.79. The number of rotatable bonds is 8. The molecule has 4 rings (SSSR count). The zero-order valence-corrected chi connectivity index (χ0v) is 21.4. The van der Waals surface area contributed by atoms with Gasteiger partial charge in [-0.05, 0) is 66.7 Å². The largest absolute Gasteiger partial charge is 0.485 e. The number of aryl methyl sites for hydroxylation is 1. The van der Waals surface area contributed by atoms with E-state index in [0.717, 1.165) is 46.4 Å². The van der Waals surface area contributed by atoms with Gasteiger partial charge in [-0.15, -0.1) is 0 Å². The van der Waals surface area contributed by atoms with Gasteiger partial charge in [0.25, 0.3) is 0 Å². The standard InChI is InChI=1S/C29H33FN2O4/c1-17(18(2)29(33)34)20-7-6-19-9-11-26(36-27(19)13-20)21-8-10-23(22(12-21)16-32(3)4)24-14-28(35-5)31-15-25(24)30/h6-8,10,12-15,17-18,26H,9,11,16H2,1-5H3,(H,33,34)/t17-,18+,26?/m1/s1. The molecule has 1 aromatic heterocycles. The van der Waals surface area contributed by atoms with Gasteiger partial charge in [0.15, 0.2) is 0 Å². The van der Waals surface area contributed by atoms with E-state index in [9.17, 15) is 14.3 Å². The van der Waals surface area contributed by atoms with E-state index < -0.39 is 17.7 Å². The van der Waals surface area contributed by atoms with E-state index in [2.05, 4.69) is 11.1 Å². The molecule has 3 aromatic rings. The Bertz CT molecular complexity index is 1260. The van der Waals surface area contributed by atoms with Gasteiger partial charge in [0.2, 0.25) is 5.88 Å². The molecule has 3 atom stereocenters. The first-order valence-electron chi connectivity index (χ1n) is 12.2. The van der Waals surface area contributed by atoms with Crippen LogP contribution in [-0.2, 0) is 17.8 Å². The number of halogens is 1. The summed E-state index contributed by atoms with van der Waals surface area (Å²) in [6, 6.07) is 13.7. The van der Waals surface area contributed by atoms with E-state index in [0.29, 0.717) is 18.0 Å². The van der Waals surface area contributed by atoms with Crippen LogP contribution in [0.25, 0.3) is 11.1 Å². The Labute approximate surface area is 211 Å². The zero-order valence-electron chi connectivity index (χ0n) is 21.4. The molecule has 7 heteroatoms. The molecule has 1 N–H and O–H groups in total. The quantitative estimate of drug-likeness (QED) is 0.425. The molecular formula is C29H33FN2O4. The third-order valence-corrected chi connectivity index (χ3v) is 7.02. The number of aliphatic carboxylic acids is 1. The zero-order chi connectivity index (χ0) is 26.0. The predicted octanol–water partition coefficient (Wildman–Crippen LogP) is 5.85. The molecule has 0 saturated heterocycles. The number of hydrogen-bond donors (Lipinski definition) is 1. The molecule has 6 nitrogen and oxygen atoms in total. The number of pyridine rings is 1. The van der Waals surface area contributed by atoms with Gasteiger partial charge >= 0.3 is 5.97 Å². The molecule has 0 aliphatic carbocycles. The van der Waals surface area contributed by atoms with Crippen LogP contribution in [0.2, 0.25) is 0 Å². The van der Waals surface area contributed by atoms with Crippen molar-refractivity contribution in [3.8, 4) is 22.8 Å². The fourth-order valence-corrected chi connectivity index (χ4v) is 4.69. The Morgan fingerprint density at radius 3 is 2.67 bits per heavy atom. The van der Waals surface area contributed by atoms with Crippen LogP contribution in [-0.4, -0.2) is 42.2 Å². The number of carboxylic acids is 1. The van der Waals surface area contributed by atoms with Crippen molar-refractivity contribution in [3.05, 3.63) is 76.7 Å². The lowest BCUT2D eigenvalue weighted by atomic mass is 9.87. The van der Waals surface area contributed by atoms with Gasteiger partial charge in [0, 0.05) is 18.2 Å². The molecular weight excluding hydrogens is 459 g/mol. The van der Waals surface area contributed by atoms with Crippen LogP contribution in [0.3, 0.4) is 0 Å². The average molecular weight is 493 g/mol. The first-order valence-corrected chi connectivity index (χ1v) is 12.2. The third kappa shape index (κ3) is 5.36. The van der Waals surface area contributed by atoms with E-state index >= 15 is 0 Å². The van der Waals surface area contributed by atoms with Crippen molar-refractivity contribution in [3.63, 3.8) is 0 Å². The summed E-state index contributed by atoms with van der Waals surface area (Å²) >= 11 is 0. The van der Waals surface area contributed by atoms with Gasteiger partial charge in [-0.25, -0.2) is 9.37 Å². The number of fused-ring (bicyclic) bond motifs is 1. The Morgan fingerprint density at radius 1 is 1.19 bits per heavy atom. The highest BCUT2D eigenvalue weighted by molar-refractivity contribution is 5.71. The van der Waals surface area contributed by atoms with Crippen molar-refractivity contribution in [2.75, 3.05) is 21.2 Å². The summed E-state index contributed by atoms with van der Waals surface area (Å²) < 4.78 is 26.4. The summed E-state index contributed by atoms with van der Waals surface area (Å²) in [5.41, 5.74) is 5.33. The highest BCUT2D eigenvalue weighted by atomic mass is 19.1. The van der Waals surface area contributed by atoms with Crippen LogP contribution >= 0.6 is 0 Å². The van der Waals surface area contributed by atoms with Gasteiger partial charge in [-0.1, -0.05) is 44.2 Å². The minimum Gasteiger partial charge on any atom is -0.485 e. The number of carboxylic acid groups (broad SMARTS) is 1. The Balaban J connectivity index is 1.66. The highest BCUT2D eigenvalue weighted by Crippen LogP contribution is 2.39. The minimum absolute atomic E-state index is 0.130. The fourth-order valence-electron chi connectivity index (χ4n) is 4.69. The SMILES string of the molecule is COc1cc(-c2ccc(C3CCc4ccc([C@H](C)[C@H](C)C(=O)O)cc4O3)cc2CN(C)C)c(F)cn1. The molecule has 36 heavy (non-hydrogen) atoms. The fraction of sp³-hybridized carbons (Fsp3) is 0.379. The summed E-state index contributed by atoms with van der Waals surface area (Å²) in [6.07, 6.45) is 2.73. The first kappa shape index (κ1) is 25.6. The van der Waals surface area contributed by atoms with Crippen LogP contribution in [0.4, 0.5) is 4.39 Å². The van der Waals surface area contributed by atoms with Gasteiger partial charge in [-0.2, -0.15) is 0 Å². The molecule has 2 heterocycles. The van der Waals surface area contributed by atoms with Gasteiger partial charge in [-0.3, -0.25) is 4.79 Å². The van der Waals surface area contributed by atoms with Crippen molar-refractivity contribution in [1.82, 2.24) is 9.88 Å². The summed E-state index contributed by atoms with van der Waals surface area (Å²) in [6.45, 7) is 4.29. The van der Waals surface area contributed by atoms with Gasteiger partial charge in [0.1, 0.15) is 17.7 Å². The maximum atomic E-state index is 14.7. The normalized spacial score (nSPS) is 16.7. The van der Waals surface area contributed by atoms with E-state index in [1.165, 1.54) is 13.3 Å². The minimum atomic E-state index is -0.809. The second-order valence-corrected chi connectivity index (χ2v) is 9.79. The van der Waals surface area contributed by atoms with Crippen LogP contribution in [0, 0.1) is 11.7 Å². The van der Waals surface area contributed by atoms with Crippen molar-refractivity contribution >= 4 is 5.97 Å². The lowest BCUT2D eigenvalue weighted by Gasteiger charge is -2.29. The Morgan fingerprint density at radius 2 is 1.97 bits per heavy atom. The topological polar surface area (TPSA) is 71.9 Å². The Kier molecular flexibility index (Phi) is 7.59. The number of nitrogens with zero attached hydrogens (tertiary/aromatic N) is 2. The average Bonchev–Trinajstić information content (AvgIpc) is 2.87. The number of hydrogen-bond acceptors (Lipinski definition) is 5. The van der Waals surface area contributed by atoms with E-state index in [1.807, 2.05) is 56.3 Å². The van der Waals surface area contributed by atoms with E-state index in [1.54, 1.807) is 13.0 Å². The second kappa shape index (κ2) is 10.7. The number of ether oxygens (including phenoxy) is 2. The Hall–Kier alpha value is -3.45. The van der Waals surface area contributed by atoms with Gasteiger partial charge in [0.05, 0.1) is 19.2 Å². The maximum Gasteiger partial charge on any atom is 0.306 e. The van der Waals surface area contributed by atoms with Crippen LogP contribution < -0.4 is 9.47 Å². The van der Waals surface area contributed by atoms with E-state index in [-0.39, 0.29) is 12.0 Å². The van der Waals surface area contributed by atoms with Crippen LogP contribution in [0.15, 0.2) is 48.7 Å². The smallest absolute Gasteiger partial charge is 0.306 e. The highest BCUT2D eigenvalue weighted by Gasteiger charge is 2.26. The van der Waals surface area contributed by atoms with E-state index in [4.69, 9.17) is 9.47 Å². The molecule has 1 unspecified atom stereocenters. The summed E-state index contributed by atoms with van der Waals surface area (Å²) in [5.74, 6) is -0.665. The molecule has 0 saturated carbocycles. The molecule has 0 fully saturated rings. The molecule has 0 radical (unpaired) electrons. The van der Waals surface area contributed by atoms with Crippen LogP contribution in [0.1, 0.15) is 54.5 Å². The van der Waals surface area contributed by atoms with Crippen molar-refractivity contribution in [2.24, 2.45) is 5.92 Å². The lowest BCUT2D eigenvalue weighted by Crippen LogP contribution is -2.19. The monoisotopic (exact) mass is 492 g/mol. The third-order valence-electron chi connectivity index (χ3n) is 7.02. The number of aromatic nitrogens is 1. The molecule has 1 aliphatic rings. The molecule has 0 spiro atoms. The van der Waals surface area contributed by atoms with Crippen molar-refractivity contribution in [1.29, 1.82) is 0 Å². The van der Waals surface area contributed by atoms with Crippen molar-refractivity contribution in [2.45, 2.75) is 45.3 Å². The molecule has 0 amide bonds. The maximum absolute atomic E-state index is 14.7. The van der Waals surface area contributed by atoms with Crippen molar-refractivity contribution < 1.29 is 23.8 Å². The lowest BCUT2D eigenvalue weighted by molar-refractivity contribution is -0.141. The molecule has 190 valence electrons. The summed E-state index contributed by atoms with van der Waals surface area (Å²) in [4.78, 5) is 17.5. The van der Waals surface area contributed by atoms with Crippen LogP contribution in [0.5, 0.6) is 11.6 Å².